The molecule has 0 spiro atoms. The molecule has 0 aromatic rings. The molecule has 0 aromatic heterocycles. The van der Waals surface area contributed by atoms with E-state index in [1.807, 2.05) is 0 Å². The maximum atomic E-state index is 4.26. The number of hydrogen-bond acceptors (Lipinski definition) is 1. The third-order valence-corrected chi connectivity index (χ3v) is 2.85. The third-order valence-electron chi connectivity index (χ3n) is 2.85. The molecule has 0 aliphatic rings. The summed E-state index contributed by atoms with van der Waals surface area (Å²) in [5.74, 6) is 0. The molecular formula is C13H27N. The topological polar surface area (TPSA) is 12.4 Å². The minimum atomic E-state index is 0.357. The predicted molar refractivity (Wildman–Crippen MR) is 66.1 cm³/mol. The van der Waals surface area contributed by atoms with Crippen LogP contribution in [0.25, 0.3) is 0 Å². The van der Waals surface area contributed by atoms with Crippen LogP contribution in [0.15, 0.2) is 4.99 Å². The van der Waals surface area contributed by atoms with Gasteiger partial charge in [0.2, 0.25) is 0 Å². The Kier molecular flexibility index (Phi) is 4.83. The van der Waals surface area contributed by atoms with Crippen molar-refractivity contribution < 1.29 is 0 Å². The second kappa shape index (κ2) is 4.95. The first-order valence-corrected chi connectivity index (χ1v) is 5.66. The van der Waals surface area contributed by atoms with Gasteiger partial charge in [-0.25, -0.2) is 0 Å². The maximum absolute atomic E-state index is 4.26. The van der Waals surface area contributed by atoms with Gasteiger partial charge in [0, 0.05) is 0 Å². The smallest absolute Gasteiger partial charge is 0.0502 e. The van der Waals surface area contributed by atoms with E-state index in [1.54, 1.807) is 0 Å². The van der Waals surface area contributed by atoms with Crippen molar-refractivity contribution in [3.8, 4) is 0 Å². The molecule has 1 unspecified atom stereocenters. The molecule has 0 saturated heterocycles. The van der Waals surface area contributed by atoms with Crippen LogP contribution in [0.1, 0.15) is 60.8 Å². The van der Waals surface area contributed by atoms with Crippen molar-refractivity contribution in [3.63, 3.8) is 0 Å². The lowest BCUT2D eigenvalue weighted by Gasteiger charge is -2.30. The molecule has 0 bridgehead atoms. The summed E-state index contributed by atoms with van der Waals surface area (Å²) in [6.45, 7) is 17.4. The molecule has 0 aliphatic heterocycles. The van der Waals surface area contributed by atoms with Crippen LogP contribution in [0.2, 0.25) is 0 Å². The van der Waals surface area contributed by atoms with Crippen LogP contribution in [0.5, 0.6) is 0 Å². The van der Waals surface area contributed by atoms with E-state index in [4.69, 9.17) is 0 Å². The molecule has 0 heterocycles. The molecule has 1 atom stereocenters. The summed E-state index contributed by atoms with van der Waals surface area (Å²) < 4.78 is 0. The Balaban J connectivity index is 4.24. The zero-order valence-electron chi connectivity index (χ0n) is 10.9. The van der Waals surface area contributed by atoms with Crippen LogP contribution < -0.4 is 0 Å². The van der Waals surface area contributed by atoms with Crippen molar-refractivity contribution in [2.24, 2.45) is 15.8 Å². The van der Waals surface area contributed by atoms with Gasteiger partial charge in [-0.1, -0.05) is 48.0 Å². The quantitative estimate of drug-likeness (QED) is 0.582. The first-order valence-electron chi connectivity index (χ1n) is 5.66. The van der Waals surface area contributed by atoms with Crippen LogP contribution in [0, 0.1) is 10.8 Å². The fraction of sp³-hybridized carbons (Fsp3) is 0.923. The molecule has 0 aromatic carbocycles. The lowest BCUT2D eigenvalue weighted by atomic mass is 9.78. The van der Waals surface area contributed by atoms with E-state index in [9.17, 15) is 0 Å². The van der Waals surface area contributed by atoms with Crippen molar-refractivity contribution in [2.75, 3.05) is 0 Å². The van der Waals surface area contributed by atoms with E-state index in [0.29, 0.717) is 16.9 Å². The SMILES string of the molecule is C=NC(CC(C)(C)C)CC(C)(C)CC. The minimum Gasteiger partial charge on any atom is -0.298 e. The molecule has 1 nitrogen and oxygen atoms in total. The first-order chi connectivity index (χ1) is 6.20. The van der Waals surface area contributed by atoms with Crippen molar-refractivity contribution in [3.05, 3.63) is 0 Å². The highest BCUT2D eigenvalue weighted by Gasteiger charge is 2.24. The lowest BCUT2D eigenvalue weighted by molar-refractivity contribution is 0.248. The van der Waals surface area contributed by atoms with Crippen LogP contribution >= 0.6 is 0 Å². The Morgan fingerprint density at radius 1 is 1.07 bits per heavy atom. The Hall–Kier alpha value is -0.330. The molecule has 1 heteroatoms. The third kappa shape index (κ3) is 6.17. The van der Waals surface area contributed by atoms with Crippen molar-refractivity contribution in [1.82, 2.24) is 0 Å². The molecule has 0 rings (SSSR count). The Morgan fingerprint density at radius 2 is 1.57 bits per heavy atom. The van der Waals surface area contributed by atoms with E-state index >= 15 is 0 Å². The monoisotopic (exact) mass is 197 g/mol. The van der Waals surface area contributed by atoms with E-state index in [-0.39, 0.29) is 0 Å². The van der Waals surface area contributed by atoms with Gasteiger partial charge in [0.25, 0.3) is 0 Å². The molecular weight excluding hydrogens is 170 g/mol. The normalized spacial score (nSPS) is 15.3. The molecule has 0 N–H and O–H groups in total. The Labute approximate surface area is 90.0 Å². The summed E-state index contributed by atoms with van der Waals surface area (Å²) in [5, 5.41) is 0. The van der Waals surface area contributed by atoms with Crippen molar-refractivity contribution >= 4 is 6.72 Å². The number of aliphatic imine (C=N–C) groups is 1. The van der Waals surface area contributed by atoms with E-state index in [0.717, 1.165) is 12.8 Å². The summed E-state index contributed by atoms with van der Waals surface area (Å²) in [4.78, 5) is 4.26. The largest absolute Gasteiger partial charge is 0.298 e. The molecule has 0 radical (unpaired) electrons. The van der Waals surface area contributed by atoms with E-state index in [2.05, 4.69) is 53.3 Å². The molecule has 0 fully saturated rings. The summed E-state index contributed by atoms with van der Waals surface area (Å²) in [6, 6.07) is 0.421. The van der Waals surface area contributed by atoms with Crippen molar-refractivity contribution in [1.29, 1.82) is 0 Å². The summed E-state index contributed by atoms with van der Waals surface area (Å²) in [5.41, 5.74) is 0.757. The second-order valence-corrected chi connectivity index (χ2v) is 6.32. The summed E-state index contributed by atoms with van der Waals surface area (Å²) in [7, 11) is 0. The first kappa shape index (κ1) is 13.7. The highest BCUT2D eigenvalue weighted by atomic mass is 14.8. The van der Waals surface area contributed by atoms with E-state index in [1.165, 1.54) is 6.42 Å². The van der Waals surface area contributed by atoms with Gasteiger partial charge in [0.15, 0.2) is 0 Å². The van der Waals surface area contributed by atoms with Gasteiger partial charge >= 0.3 is 0 Å². The maximum Gasteiger partial charge on any atom is 0.0502 e. The van der Waals surface area contributed by atoms with Crippen LogP contribution in [0.4, 0.5) is 0 Å². The Morgan fingerprint density at radius 3 is 1.86 bits per heavy atom. The molecule has 0 saturated carbocycles. The van der Waals surface area contributed by atoms with Crippen LogP contribution in [-0.2, 0) is 0 Å². The predicted octanol–water partition coefficient (Wildman–Crippen LogP) is 4.32. The standard InChI is InChI=1S/C13H27N/c1-8-13(5,6)10-11(14-7)9-12(2,3)4/h11H,7-10H2,1-6H3. The van der Waals surface area contributed by atoms with Gasteiger partial charge in [-0.15, -0.1) is 0 Å². The zero-order valence-corrected chi connectivity index (χ0v) is 10.9. The average Bonchev–Trinajstić information content (AvgIpc) is 2.00. The zero-order chi connectivity index (χ0) is 11.4. The number of hydrogen-bond donors (Lipinski definition) is 0. The van der Waals surface area contributed by atoms with Crippen LogP contribution in [-0.4, -0.2) is 12.8 Å². The summed E-state index contributed by atoms with van der Waals surface area (Å²) in [6.07, 6.45) is 3.51. The van der Waals surface area contributed by atoms with Gasteiger partial charge in [0.05, 0.1) is 6.04 Å². The lowest BCUT2D eigenvalue weighted by Crippen LogP contribution is -2.23. The van der Waals surface area contributed by atoms with Crippen molar-refractivity contribution in [2.45, 2.75) is 66.8 Å². The van der Waals surface area contributed by atoms with Crippen LogP contribution in [0.3, 0.4) is 0 Å². The van der Waals surface area contributed by atoms with E-state index < -0.39 is 0 Å². The molecule has 0 amide bonds. The average molecular weight is 197 g/mol. The Bertz CT molecular complexity index is 174. The fourth-order valence-corrected chi connectivity index (χ4v) is 1.69. The molecule has 0 aliphatic carbocycles. The molecule has 84 valence electrons. The number of nitrogens with zero attached hydrogens (tertiary/aromatic N) is 1. The fourth-order valence-electron chi connectivity index (χ4n) is 1.69. The summed E-state index contributed by atoms with van der Waals surface area (Å²) >= 11 is 0. The minimum absolute atomic E-state index is 0.357. The van der Waals surface area contributed by atoms with Gasteiger partial charge in [0.1, 0.15) is 0 Å². The van der Waals surface area contributed by atoms with Gasteiger partial charge in [-0.05, 0) is 30.4 Å². The molecule has 14 heavy (non-hydrogen) atoms. The highest BCUT2D eigenvalue weighted by Crippen LogP contribution is 2.32. The second-order valence-electron chi connectivity index (χ2n) is 6.32. The highest BCUT2D eigenvalue weighted by molar-refractivity contribution is 5.24. The van der Waals surface area contributed by atoms with Gasteiger partial charge in [-0.2, -0.15) is 0 Å². The van der Waals surface area contributed by atoms with Gasteiger partial charge in [-0.3, -0.25) is 4.99 Å². The number of rotatable bonds is 5. The van der Waals surface area contributed by atoms with Gasteiger partial charge < -0.3 is 0 Å².